The molecule has 12 heteroatoms. The van der Waals surface area contributed by atoms with Gasteiger partial charge in [-0.3, -0.25) is 0 Å². The van der Waals surface area contributed by atoms with Crippen LogP contribution in [0.25, 0.3) is 9.81 Å². The number of nitriles is 1. The van der Waals surface area contributed by atoms with E-state index >= 15 is 0 Å². The molecule has 3 heterocycles. The van der Waals surface area contributed by atoms with Gasteiger partial charge in [-0.25, -0.2) is 17.6 Å². The highest BCUT2D eigenvalue weighted by atomic mass is 32.2. The minimum Gasteiger partial charge on any atom is -0.203 e. The average Bonchev–Trinajstić information content (AvgIpc) is 3.48. The van der Waals surface area contributed by atoms with Crippen LogP contribution in [0, 0.1) is 50.6 Å². The molecule has 0 unspecified atom stereocenters. The van der Waals surface area contributed by atoms with Gasteiger partial charge in [0.25, 0.3) is 0 Å². The van der Waals surface area contributed by atoms with Crippen molar-refractivity contribution in [3.63, 3.8) is 0 Å². The maximum atomic E-state index is 14.5. The third kappa shape index (κ3) is 4.55. The number of hydrogen-bond donors (Lipinski definition) is 0. The zero-order valence-corrected chi connectivity index (χ0v) is 21.2. The molecular formula is C23H12F7NS4. The van der Waals surface area contributed by atoms with Crippen LogP contribution in [0.4, 0.5) is 30.7 Å². The molecule has 0 fully saturated rings. The Balaban J connectivity index is 1.98. The van der Waals surface area contributed by atoms with Gasteiger partial charge in [0.15, 0.2) is 23.3 Å². The largest absolute Gasteiger partial charge is 0.422 e. The highest BCUT2D eigenvalue weighted by Gasteiger charge is 2.42. The number of benzene rings is 1. The van der Waals surface area contributed by atoms with E-state index in [0.29, 0.717) is 4.53 Å². The van der Waals surface area contributed by atoms with Gasteiger partial charge in [-0.15, -0.1) is 22.7 Å². The van der Waals surface area contributed by atoms with E-state index in [1.165, 1.54) is 33.3 Å². The molecule has 0 atom stereocenters. The first kappa shape index (κ1) is 25.9. The normalized spacial score (nSPS) is 16.2. The first-order chi connectivity index (χ1) is 16.3. The minimum absolute atomic E-state index is 0.0427. The van der Waals surface area contributed by atoms with Crippen molar-refractivity contribution in [2.24, 2.45) is 0 Å². The second kappa shape index (κ2) is 9.35. The van der Waals surface area contributed by atoms with Gasteiger partial charge in [0.2, 0.25) is 0 Å². The average molecular weight is 564 g/mol. The lowest BCUT2D eigenvalue weighted by molar-refractivity contribution is -0.143. The van der Waals surface area contributed by atoms with Crippen LogP contribution in [0.1, 0.15) is 30.5 Å². The summed E-state index contributed by atoms with van der Waals surface area (Å²) in [5.74, 6) is -9.75. The van der Waals surface area contributed by atoms with Crippen molar-refractivity contribution in [2.75, 3.05) is 0 Å². The Morgan fingerprint density at radius 2 is 1.40 bits per heavy atom. The molecule has 0 aliphatic carbocycles. The topological polar surface area (TPSA) is 23.8 Å². The van der Waals surface area contributed by atoms with E-state index in [0.717, 1.165) is 30.2 Å². The van der Waals surface area contributed by atoms with E-state index in [4.69, 9.17) is 0 Å². The summed E-state index contributed by atoms with van der Waals surface area (Å²) in [5, 5.41) is 9.53. The number of hydrogen-bond acceptors (Lipinski definition) is 5. The van der Waals surface area contributed by atoms with Gasteiger partial charge in [0.1, 0.15) is 11.6 Å². The fraction of sp³-hybridized carbons (Fsp3) is 0.174. The molecule has 0 bridgehead atoms. The molecule has 0 spiro atoms. The van der Waals surface area contributed by atoms with E-state index in [1.807, 2.05) is 26.8 Å². The third-order valence-electron chi connectivity index (χ3n) is 5.09. The SMILES string of the molecule is CC1=C(C)SC(=c2cc(C)/c(=c3/cc/c(=C(/C#N)c4c(F)c(F)c(C(F)(F)F)c(F)c4F)s3)s2)S1. The zero-order chi connectivity index (χ0) is 25.8. The number of thiophene rings is 2. The number of nitrogens with zero attached hydrogens (tertiary/aromatic N) is 1. The lowest BCUT2D eigenvalue weighted by Gasteiger charge is -2.13. The summed E-state index contributed by atoms with van der Waals surface area (Å²) in [4.78, 5) is 2.40. The number of thioether (sulfide) groups is 2. The molecule has 2 aromatic heterocycles. The van der Waals surface area contributed by atoms with Gasteiger partial charge in [-0.2, -0.15) is 18.4 Å². The van der Waals surface area contributed by atoms with Gasteiger partial charge in [0.05, 0.1) is 15.4 Å². The Kier molecular flexibility index (Phi) is 6.91. The van der Waals surface area contributed by atoms with Gasteiger partial charge in [-0.1, -0.05) is 23.5 Å². The maximum Gasteiger partial charge on any atom is 0.422 e. The lowest BCUT2D eigenvalue weighted by atomic mass is 10.0. The van der Waals surface area contributed by atoms with Crippen molar-refractivity contribution < 1.29 is 30.7 Å². The lowest BCUT2D eigenvalue weighted by Crippen LogP contribution is -2.18. The zero-order valence-electron chi connectivity index (χ0n) is 18.0. The number of allylic oxidation sites excluding steroid dienone is 2. The monoisotopic (exact) mass is 563 g/mol. The molecule has 182 valence electrons. The Morgan fingerprint density at radius 3 is 1.91 bits per heavy atom. The highest BCUT2D eigenvalue weighted by Crippen LogP contribution is 2.49. The fourth-order valence-corrected chi connectivity index (χ4v) is 8.32. The van der Waals surface area contributed by atoms with Gasteiger partial charge < -0.3 is 0 Å². The predicted octanol–water partition coefficient (Wildman–Crippen LogP) is 7.50. The summed E-state index contributed by atoms with van der Waals surface area (Å²) < 4.78 is 99.5. The first-order valence-corrected chi connectivity index (χ1v) is 12.9. The standard InChI is InChI=1S/C23H12F7NS4/c1-8-6-14(22-32-9(2)10(3)33-22)35-21(8)13-5-4-12(34-13)11(7-31)15-17(24)19(26)16(23(28,29)30)20(27)18(15)25/h4-6H,1-3H3/b12-11+,21-13+. The molecule has 1 aliphatic rings. The summed E-state index contributed by atoms with van der Waals surface area (Å²) >= 11 is 5.73. The minimum atomic E-state index is -5.66. The number of halogens is 7. The summed E-state index contributed by atoms with van der Waals surface area (Å²) in [6.45, 7) is 5.93. The quantitative estimate of drug-likeness (QED) is 0.226. The number of aryl methyl sites for hydroxylation is 1. The van der Waals surface area contributed by atoms with Crippen LogP contribution in [0.3, 0.4) is 0 Å². The molecule has 3 aromatic rings. The second-order valence-corrected chi connectivity index (χ2v) is 12.2. The Hall–Kier alpha value is -2.20. The summed E-state index contributed by atoms with van der Waals surface area (Å²) in [7, 11) is 0. The molecule has 0 N–H and O–H groups in total. The van der Waals surface area contributed by atoms with E-state index in [-0.39, 0.29) is 4.53 Å². The van der Waals surface area contributed by atoms with Crippen LogP contribution in [-0.2, 0) is 6.18 Å². The van der Waals surface area contributed by atoms with E-state index in [1.54, 1.807) is 29.6 Å². The Labute approximate surface area is 210 Å². The Morgan fingerprint density at radius 1 is 0.829 bits per heavy atom. The van der Waals surface area contributed by atoms with Gasteiger partial charge in [0, 0.05) is 18.1 Å². The van der Waals surface area contributed by atoms with Crippen LogP contribution in [-0.4, -0.2) is 0 Å². The van der Waals surface area contributed by atoms with Crippen LogP contribution >= 0.6 is 46.2 Å². The molecule has 0 radical (unpaired) electrons. The van der Waals surface area contributed by atoms with Crippen LogP contribution in [0.5, 0.6) is 0 Å². The second-order valence-electron chi connectivity index (χ2n) is 7.38. The predicted molar refractivity (Wildman–Crippen MR) is 127 cm³/mol. The summed E-state index contributed by atoms with van der Waals surface area (Å²) in [6, 6.07) is 6.41. The van der Waals surface area contributed by atoms with E-state index in [9.17, 15) is 36.0 Å². The molecule has 1 aromatic carbocycles. The molecule has 0 amide bonds. The Bertz CT molecular complexity index is 1630. The molecule has 1 aliphatic heterocycles. The fourth-order valence-electron chi connectivity index (χ4n) is 3.30. The molecular weight excluding hydrogens is 552 g/mol. The molecule has 0 saturated heterocycles. The van der Waals surface area contributed by atoms with Crippen LogP contribution in [0.15, 0.2) is 28.0 Å². The van der Waals surface area contributed by atoms with E-state index < -0.39 is 46.1 Å². The van der Waals surface area contributed by atoms with Gasteiger partial charge in [-0.05, 0) is 54.3 Å². The molecule has 1 nitrogen and oxygen atoms in total. The first-order valence-electron chi connectivity index (χ1n) is 9.67. The van der Waals surface area contributed by atoms with E-state index in [2.05, 4.69) is 0 Å². The van der Waals surface area contributed by atoms with Crippen LogP contribution < -0.4 is 9.06 Å². The maximum absolute atomic E-state index is 14.5. The van der Waals surface area contributed by atoms with Gasteiger partial charge >= 0.3 is 6.18 Å². The van der Waals surface area contributed by atoms with Crippen molar-refractivity contribution in [1.82, 2.24) is 0 Å². The molecule has 4 rings (SSSR count). The van der Waals surface area contributed by atoms with Crippen molar-refractivity contribution in [1.29, 1.82) is 5.26 Å². The molecule has 0 saturated carbocycles. The van der Waals surface area contributed by atoms with Crippen molar-refractivity contribution in [3.05, 3.63) is 86.1 Å². The molecule has 35 heavy (non-hydrogen) atoms. The van der Waals surface area contributed by atoms with Crippen LogP contribution in [0.2, 0.25) is 0 Å². The summed E-state index contributed by atoms with van der Waals surface area (Å²) in [5.41, 5.74) is -4.04. The van der Waals surface area contributed by atoms with Crippen molar-refractivity contribution >= 4 is 56.0 Å². The summed E-state index contributed by atoms with van der Waals surface area (Å²) in [6.07, 6.45) is -5.66. The third-order valence-corrected chi connectivity index (χ3v) is 10.6. The van der Waals surface area contributed by atoms with Crippen molar-refractivity contribution in [2.45, 2.75) is 26.9 Å². The van der Waals surface area contributed by atoms with Crippen molar-refractivity contribution in [3.8, 4) is 6.07 Å². The number of alkyl halides is 3. The number of rotatable bonds is 1. The smallest absolute Gasteiger partial charge is 0.203 e. The highest BCUT2D eigenvalue weighted by molar-refractivity contribution is 8.35.